The van der Waals surface area contributed by atoms with Gasteiger partial charge in [-0.05, 0) is 61.0 Å². The van der Waals surface area contributed by atoms with Crippen molar-refractivity contribution in [2.75, 3.05) is 5.32 Å². The normalized spacial score (nSPS) is 11.2. The number of hydrogen-bond acceptors (Lipinski definition) is 3. The second kappa shape index (κ2) is 7.72. The van der Waals surface area contributed by atoms with Crippen LogP contribution in [0.5, 0.6) is 0 Å². The molecule has 0 aromatic heterocycles. The average molecular weight is 383 g/mol. The third-order valence-corrected chi connectivity index (χ3v) is 5.76. The van der Waals surface area contributed by atoms with E-state index in [0.717, 1.165) is 5.56 Å². The number of amides is 1. The Hall–Kier alpha value is -2.99. The Labute approximate surface area is 157 Å². The number of aryl methyl sites for hydroxylation is 1. The van der Waals surface area contributed by atoms with E-state index < -0.39 is 9.84 Å². The molecular weight excluding hydrogens is 365 g/mol. The van der Waals surface area contributed by atoms with Gasteiger partial charge in [-0.15, -0.1) is 0 Å². The fourth-order valence-electron chi connectivity index (χ4n) is 2.54. The highest BCUT2D eigenvalue weighted by Gasteiger charge is 2.15. The van der Waals surface area contributed by atoms with Crippen LogP contribution in [0.3, 0.4) is 0 Å². The third-order valence-electron chi connectivity index (χ3n) is 4.06. The second-order valence-electron chi connectivity index (χ2n) is 6.23. The Bertz CT molecular complexity index is 1040. The molecule has 4 nitrogen and oxygen atoms in total. The van der Waals surface area contributed by atoms with Gasteiger partial charge in [-0.25, -0.2) is 12.8 Å². The molecule has 0 aliphatic heterocycles. The predicted molar refractivity (Wildman–Crippen MR) is 103 cm³/mol. The quantitative estimate of drug-likeness (QED) is 0.712. The molecule has 6 heteroatoms. The first-order chi connectivity index (χ1) is 12.8. The van der Waals surface area contributed by atoms with Gasteiger partial charge >= 0.3 is 0 Å². The zero-order chi connectivity index (χ0) is 19.4. The highest BCUT2D eigenvalue weighted by atomic mass is 32.2. The molecule has 0 heterocycles. The largest absolute Gasteiger partial charge is 0.322 e. The van der Waals surface area contributed by atoms with Crippen molar-refractivity contribution in [2.24, 2.45) is 0 Å². The van der Waals surface area contributed by atoms with Gasteiger partial charge in [0.2, 0.25) is 0 Å². The number of benzene rings is 3. The van der Waals surface area contributed by atoms with Gasteiger partial charge in [0, 0.05) is 11.3 Å². The van der Waals surface area contributed by atoms with Gasteiger partial charge in [0.15, 0.2) is 9.84 Å². The van der Waals surface area contributed by atoms with Crippen LogP contribution in [0.15, 0.2) is 77.7 Å². The van der Waals surface area contributed by atoms with E-state index in [1.807, 2.05) is 6.92 Å². The maximum atomic E-state index is 12.9. The van der Waals surface area contributed by atoms with Crippen molar-refractivity contribution >= 4 is 21.4 Å². The summed E-state index contributed by atoms with van der Waals surface area (Å²) in [6.07, 6.45) is 0. The topological polar surface area (TPSA) is 63.2 Å². The Morgan fingerprint density at radius 2 is 1.48 bits per heavy atom. The SMILES string of the molecule is Cc1ccc(S(=O)(=O)Cc2ccc(C(=O)Nc3ccc(F)cc3)cc2)cc1. The van der Waals surface area contributed by atoms with Crippen LogP contribution in [0.4, 0.5) is 10.1 Å². The molecule has 0 unspecified atom stereocenters. The van der Waals surface area contributed by atoms with E-state index in [1.165, 1.54) is 24.3 Å². The number of nitrogens with one attached hydrogen (secondary N) is 1. The summed E-state index contributed by atoms with van der Waals surface area (Å²) in [5.41, 5.74) is 2.45. The first kappa shape index (κ1) is 18.8. The molecule has 27 heavy (non-hydrogen) atoms. The summed E-state index contributed by atoms with van der Waals surface area (Å²) >= 11 is 0. The highest BCUT2D eigenvalue weighted by molar-refractivity contribution is 7.90. The Morgan fingerprint density at radius 3 is 2.07 bits per heavy atom. The van der Waals surface area contributed by atoms with Gasteiger partial charge in [0.25, 0.3) is 5.91 Å². The molecule has 3 rings (SSSR count). The van der Waals surface area contributed by atoms with Crippen molar-refractivity contribution in [1.29, 1.82) is 0 Å². The molecule has 3 aromatic carbocycles. The molecule has 0 bridgehead atoms. The molecule has 0 aliphatic rings. The molecular formula is C21H18FNO3S. The van der Waals surface area contributed by atoms with E-state index in [9.17, 15) is 17.6 Å². The van der Waals surface area contributed by atoms with Crippen molar-refractivity contribution in [3.05, 3.63) is 95.3 Å². The molecule has 3 aromatic rings. The third kappa shape index (κ3) is 4.80. The summed E-state index contributed by atoms with van der Waals surface area (Å²) in [4.78, 5) is 12.5. The van der Waals surface area contributed by atoms with Crippen LogP contribution >= 0.6 is 0 Å². The van der Waals surface area contributed by atoms with Crippen LogP contribution in [-0.2, 0) is 15.6 Å². The van der Waals surface area contributed by atoms with Crippen LogP contribution in [0.25, 0.3) is 0 Å². The molecule has 0 spiro atoms. The molecule has 1 N–H and O–H groups in total. The first-order valence-corrected chi connectivity index (χ1v) is 9.94. The standard InChI is InChI=1S/C21H18FNO3S/c1-15-2-12-20(13-3-15)27(25,26)14-16-4-6-17(7-5-16)21(24)23-19-10-8-18(22)9-11-19/h2-13H,14H2,1H3,(H,23,24). The van der Waals surface area contributed by atoms with Gasteiger partial charge in [-0.1, -0.05) is 29.8 Å². The van der Waals surface area contributed by atoms with E-state index in [1.54, 1.807) is 48.5 Å². The summed E-state index contributed by atoms with van der Waals surface area (Å²) in [6, 6.07) is 18.5. The fraction of sp³-hybridized carbons (Fsp3) is 0.0952. The lowest BCUT2D eigenvalue weighted by Gasteiger charge is -2.08. The van der Waals surface area contributed by atoms with E-state index in [2.05, 4.69) is 5.32 Å². The summed E-state index contributed by atoms with van der Waals surface area (Å²) < 4.78 is 37.9. The summed E-state index contributed by atoms with van der Waals surface area (Å²) in [7, 11) is -3.45. The second-order valence-corrected chi connectivity index (χ2v) is 8.22. The van der Waals surface area contributed by atoms with Crippen LogP contribution < -0.4 is 5.32 Å². The molecule has 0 saturated heterocycles. The number of hydrogen-bond donors (Lipinski definition) is 1. The van der Waals surface area contributed by atoms with Crippen LogP contribution in [-0.4, -0.2) is 14.3 Å². The van der Waals surface area contributed by atoms with Crippen LogP contribution in [0.1, 0.15) is 21.5 Å². The maximum absolute atomic E-state index is 12.9. The molecule has 0 fully saturated rings. The van der Waals surface area contributed by atoms with Gasteiger partial charge in [0.05, 0.1) is 10.6 Å². The van der Waals surface area contributed by atoms with Crippen molar-refractivity contribution in [1.82, 2.24) is 0 Å². The molecule has 138 valence electrons. The summed E-state index contributed by atoms with van der Waals surface area (Å²) in [5, 5.41) is 2.66. The number of carbonyl (C=O) groups excluding carboxylic acids is 1. The van der Waals surface area contributed by atoms with Gasteiger partial charge in [0.1, 0.15) is 5.82 Å². The van der Waals surface area contributed by atoms with E-state index in [0.29, 0.717) is 16.8 Å². The minimum atomic E-state index is -3.45. The number of carbonyl (C=O) groups is 1. The molecule has 0 atom stereocenters. The lowest BCUT2D eigenvalue weighted by Crippen LogP contribution is -2.12. The van der Waals surface area contributed by atoms with Crippen molar-refractivity contribution in [2.45, 2.75) is 17.6 Å². The van der Waals surface area contributed by atoms with Gasteiger partial charge in [-0.2, -0.15) is 0 Å². The minimum absolute atomic E-state index is 0.143. The fourth-order valence-corrected chi connectivity index (χ4v) is 3.89. The van der Waals surface area contributed by atoms with E-state index in [4.69, 9.17) is 0 Å². The minimum Gasteiger partial charge on any atom is -0.322 e. The van der Waals surface area contributed by atoms with Gasteiger partial charge in [-0.3, -0.25) is 4.79 Å². The van der Waals surface area contributed by atoms with E-state index >= 15 is 0 Å². The Balaban J connectivity index is 1.70. The number of anilines is 1. The highest BCUT2D eigenvalue weighted by Crippen LogP contribution is 2.18. The van der Waals surface area contributed by atoms with Crippen molar-refractivity contribution in [3.8, 4) is 0 Å². The molecule has 0 aliphatic carbocycles. The zero-order valence-electron chi connectivity index (χ0n) is 14.6. The number of halogens is 1. The number of sulfone groups is 1. The summed E-state index contributed by atoms with van der Waals surface area (Å²) in [6.45, 7) is 1.89. The Morgan fingerprint density at radius 1 is 0.889 bits per heavy atom. The van der Waals surface area contributed by atoms with Crippen LogP contribution in [0.2, 0.25) is 0 Å². The average Bonchev–Trinajstić information content (AvgIpc) is 2.64. The van der Waals surface area contributed by atoms with E-state index in [-0.39, 0.29) is 22.4 Å². The monoisotopic (exact) mass is 383 g/mol. The summed E-state index contributed by atoms with van der Waals surface area (Å²) in [5.74, 6) is -0.877. The first-order valence-electron chi connectivity index (χ1n) is 8.29. The zero-order valence-corrected chi connectivity index (χ0v) is 15.5. The van der Waals surface area contributed by atoms with Crippen molar-refractivity contribution < 1.29 is 17.6 Å². The number of rotatable bonds is 5. The molecule has 1 amide bonds. The lowest BCUT2D eigenvalue weighted by atomic mass is 10.1. The molecule has 0 saturated carbocycles. The lowest BCUT2D eigenvalue weighted by molar-refractivity contribution is 0.102. The predicted octanol–water partition coefficient (Wildman–Crippen LogP) is 4.36. The van der Waals surface area contributed by atoms with Crippen molar-refractivity contribution in [3.63, 3.8) is 0 Å². The Kier molecular flexibility index (Phi) is 5.37. The van der Waals surface area contributed by atoms with Crippen LogP contribution in [0, 0.1) is 12.7 Å². The smallest absolute Gasteiger partial charge is 0.255 e. The molecule has 0 radical (unpaired) electrons. The maximum Gasteiger partial charge on any atom is 0.255 e. The van der Waals surface area contributed by atoms with Gasteiger partial charge < -0.3 is 5.32 Å².